The Labute approximate surface area is 123 Å². The maximum atomic E-state index is 12.1. The van der Waals surface area contributed by atoms with E-state index in [4.69, 9.17) is 5.11 Å². The second-order valence-corrected chi connectivity index (χ2v) is 4.86. The first-order valence-corrected chi connectivity index (χ1v) is 6.73. The summed E-state index contributed by atoms with van der Waals surface area (Å²) in [5, 5.41) is 11.8. The van der Waals surface area contributed by atoms with Crippen molar-refractivity contribution >= 4 is 11.9 Å². The van der Waals surface area contributed by atoms with Gasteiger partial charge in [-0.25, -0.2) is 4.79 Å². The van der Waals surface area contributed by atoms with Gasteiger partial charge in [0, 0.05) is 6.54 Å². The Hall–Kier alpha value is -2.62. The molecule has 0 aliphatic carbocycles. The predicted octanol–water partition coefficient (Wildman–Crippen LogP) is 2.80. The van der Waals surface area contributed by atoms with Gasteiger partial charge in [0.05, 0.1) is 11.5 Å². The van der Waals surface area contributed by atoms with Crippen molar-refractivity contribution in [3.05, 3.63) is 71.3 Å². The maximum Gasteiger partial charge on any atom is 0.335 e. The summed E-state index contributed by atoms with van der Waals surface area (Å²) < 4.78 is 0. The fourth-order valence-corrected chi connectivity index (χ4v) is 2.05. The molecule has 4 heteroatoms. The second kappa shape index (κ2) is 6.70. The highest BCUT2D eigenvalue weighted by Gasteiger charge is 2.14. The zero-order chi connectivity index (χ0) is 15.2. The Morgan fingerprint density at radius 3 is 2.48 bits per heavy atom. The average molecular weight is 283 g/mol. The lowest BCUT2D eigenvalue weighted by Crippen LogP contribution is -2.27. The van der Waals surface area contributed by atoms with Crippen molar-refractivity contribution in [1.82, 2.24) is 5.32 Å². The summed E-state index contributed by atoms with van der Waals surface area (Å²) in [6.45, 7) is 2.16. The molecule has 0 bridgehead atoms. The van der Waals surface area contributed by atoms with Gasteiger partial charge in [-0.3, -0.25) is 4.79 Å². The molecule has 0 aliphatic rings. The monoisotopic (exact) mass is 283 g/mol. The van der Waals surface area contributed by atoms with Crippen molar-refractivity contribution in [1.29, 1.82) is 0 Å². The summed E-state index contributed by atoms with van der Waals surface area (Å²) in [5.74, 6) is -1.29. The molecule has 0 saturated heterocycles. The van der Waals surface area contributed by atoms with Gasteiger partial charge >= 0.3 is 5.97 Å². The molecule has 1 unspecified atom stereocenters. The fourth-order valence-electron chi connectivity index (χ4n) is 2.05. The summed E-state index contributed by atoms with van der Waals surface area (Å²) >= 11 is 0. The van der Waals surface area contributed by atoms with Gasteiger partial charge in [0.1, 0.15) is 0 Å². The Balaban J connectivity index is 1.98. The Morgan fingerprint density at radius 1 is 1.10 bits per heavy atom. The maximum absolute atomic E-state index is 12.1. The van der Waals surface area contributed by atoms with Crippen LogP contribution in [0.5, 0.6) is 0 Å². The van der Waals surface area contributed by atoms with Crippen LogP contribution in [0.2, 0.25) is 0 Å². The number of hydrogen-bond donors (Lipinski definition) is 2. The van der Waals surface area contributed by atoms with Crippen molar-refractivity contribution in [2.24, 2.45) is 0 Å². The molecule has 108 valence electrons. The van der Waals surface area contributed by atoms with Crippen molar-refractivity contribution < 1.29 is 14.7 Å². The third-order valence-corrected chi connectivity index (χ3v) is 3.33. The van der Waals surface area contributed by atoms with Crippen molar-refractivity contribution in [2.75, 3.05) is 0 Å². The van der Waals surface area contributed by atoms with Crippen LogP contribution in [0.1, 0.15) is 34.3 Å². The number of amides is 1. The van der Waals surface area contributed by atoms with Gasteiger partial charge in [-0.15, -0.1) is 0 Å². The minimum absolute atomic E-state index is 0.0815. The van der Waals surface area contributed by atoms with Crippen LogP contribution in [0.15, 0.2) is 54.6 Å². The lowest BCUT2D eigenvalue weighted by molar-refractivity contribution is -0.122. The van der Waals surface area contributed by atoms with Gasteiger partial charge in [0.2, 0.25) is 5.91 Å². The number of carboxylic acid groups (broad SMARTS) is 1. The van der Waals surface area contributed by atoms with Gasteiger partial charge in [0.25, 0.3) is 0 Å². The van der Waals surface area contributed by atoms with Crippen LogP contribution in [-0.4, -0.2) is 17.0 Å². The van der Waals surface area contributed by atoms with E-state index in [1.165, 1.54) is 6.07 Å². The number of rotatable bonds is 5. The molecule has 0 heterocycles. The van der Waals surface area contributed by atoms with Crippen LogP contribution < -0.4 is 5.32 Å². The van der Waals surface area contributed by atoms with Crippen molar-refractivity contribution in [2.45, 2.75) is 19.4 Å². The molecule has 21 heavy (non-hydrogen) atoms. The van der Waals surface area contributed by atoms with Crippen molar-refractivity contribution in [3.63, 3.8) is 0 Å². The molecule has 0 spiro atoms. The van der Waals surface area contributed by atoms with E-state index in [9.17, 15) is 9.59 Å². The average Bonchev–Trinajstić information content (AvgIpc) is 2.53. The molecule has 2 aromatic carbocycles. The number of hydrogen-bond acceptors (Lipinski definition) is 2. The van der Waals surface area contributed by atoms with Gasteiger partial charge < -0.3 is 10.4 Å². The van der Waals surface area contributed by atoms with Gasteiger partial charge in [-0.1, -0.05) is 42.5 Å². The summed E-state index contributed by atoms with van der Waals surface area (Å²) in [5.41, 5.74) is 1.94. The minimum Gasteiger partial charge on any atom is -0.478 e. The van der Waals surface area contributed by atoms with Crippen molar-refractivity contribution in [3.8, 4) is 0 Å². The number of carboxylic acids is 1. The Bertz CT molecular complexity index is 637. The number of nitrogens with one attached hydrogen (secondary N) is 1. The third-order valence-electron chi connectivity index (χ3n) is 3.33. The highest BCUT2D eigenvalue weighted by molar-refractivity contribution is 5.87. The molecule has 2 N–H and O–H groups in total. The molecule has 1 amide bonds. The zero-order valence-corrected chi connectivity index (χ0v) is 11.7. The fraction of sp³-hybridized carbons (Fsp3) is 0.176. The number of carbonyl (C=O) groups is 2. The molecule has 0 fully saturated rings. The van der Waals surface area contributed by atoms with E-state index in [-0.39, 0.29) is 17.4 Å². The third kappa shape index (κ3) is 3.92. The van der Waals surface area contributed by atoms with E-state index in [0.29, 0.717) is 6.54 Å². The topological polar surface area (TPSA) is 66.4 Å². The van der Waals surface area contributed by atoms with Crippen LogP contribution in [0.25, 0.3) is 0 Å². The first kappa shape index (κ1) is 14.8. The normalized spacial score (nSPS) is 11.7. The lowest BCUT2D eigenvalue weighted by atomic mass is 10.0. The highest BCUT2D eigenvalue weighted by atomic mass is 16.4. The molecule has 2 aromatic rings. The summed E-state index contributed by atoms with van der Waals surface area (Å²) in [4.78, 5) is 23.0. The molecular formula is C17H17NO3. The van der Waals surface area contributed by atoms with Gasteiger partial charge in [0.15, 0.2) is 0 Å². The quantitative estimate of drug-likeness (QED) is 0.886. The van der Waals surface area contributed by atoms with E-state index in [0.717, 1.165) is 11.1 Å². The van der Waals surface area contributed by atoms with Crippen LogP contribution >= 0.6 is 0 Å². The zero-order valence-electron chi connectivity index (χ0n) is 11.7. The van der Waals surface area contributed by atoms with Crippen LogP contribution in [0.4, 0.5) is 0 Å². The standard InChI is InChI=1S/C17H17NO3/c1-12(14-7-3-2-4-8-14)16(19)18-11-13-6-5-9-15(10-13)17(20)21/h2-10,12H,11H2,1H3,(H,18,19)(H,20,21). The molecule has 0 aromatic heterocycles. The van der Waals surface area contributed by atoms with E-state index in [1.807, 2.05) is 37.3 Å². The molecule has 2 rings (SSSR count). The van der Waals surface area contributed by atoms with Crippen LogP contribution in [0.3, 0.4) is 0 Å². The van der Waals surface area contributed by atoms with Crippen LogP contribution in [0, 0.1) is 0 Å². The summed E-state index contributed by atoms with van der Waals surface area (Å²) in [6.07, 6.45) is 0. The summed E-state index contributed by atoms with van der Waals surface area (Å²) in [7, 11) is 0. The number of aromatic carboxylic acids is 1. The smallest absolute Gasteiger partial charge is 0.335 e. The largest absolute Gasteiger partial charge is 0.478 e. The Morgan fingerprint density at radius 2 is 1.81 bits per heavy atom. The highest BCUT2D eigenvalue weighted by Crippen LogP contribution is 2.14. The molecule has 0 aliphatic heterocycles. The SMILES string of the molecule is CC(C(=O)NCc1cccc(C(=O)O)c1)c1ccccc1. The number of carbonyl (C=O) groups excluding carboxylic acids is 1. The molecular weight excluding hydrogens is 266 g/mol. The van der Waals surface area contributed by atoms with E-state index >= 15 is 0 Å². The Kier molecular flexibility index (Phi) is 4.72. The number of benzene rings is 2. The van der Waals surface area contributed by atoms with E-state index in [1.54, 1.807) is 18.2 Å². The molecule has 0 saturated carbocycles. The van der Waals surface area contributed by atoms with E-state index in [2.05, 4.69) is 5.32 Å². The van der Waals surface area contributed by atoms with Gasteiger partial charge in [-0.2, -0.15) is 0 Å². The predicted molar refractivity (Wildman–Crippen MR) is 80.1 cm³/mol. The molecule has 4 nitrogen and oxygen atoms in total. The second-order valence-electron chi connectivity index (χ2n) is 4.86. The molecule has 0 radical (unpaired) electrons. The summed E-state index contributed by atoms with van der Waals surface area (Å²) in [6, 6.07) is 16.1. The van der Waals surface area contributed by atoms with Crippen LogP contribution in [-0.2, 0) is 11.3 Å². The minimum atomic E-state index is -0.971. The first-order chi connectivity index (χ1) is 10.1. The van der Waals surface area contributed by atoms with Gasteiger partial charge in [-0.05, 0) is 30.2 Å². The first-order valence-electron chi connectivity index (χ1n) is 6.73. The lowest BCUT2D eigenvalue weighted by Gasteiger charge is -2.12. The van der Waals surface area contributed by atoms with E-state index < -0.39 is 5.97 Å². The molecule has 1 atom stereocenters.